The van der Waals surface area contributed by atoms with Crippen LogP contribution in [0.25, 0.3) is 55.7 Å². The molecule has 0 bridgehead atoms. The molecule has 0 spiro atoms. The Balaban J connectivity index is 1.26. The van der Waals surface area contributed by atoms with E-state index >= 15 is 0 Å². The van der Waals surface area contributed by atoms with Crippen molar-refractivity contribution in [3.05, 3.63) is 73.2 Å². The van der Waals surface area contributed by atoms with Crippen LogP contribution in [0, 0.1) is 0 Å². The highest BCUT2D eigenvalue weighted by molar-refractivity contribution is 5.99. The molecular weight excluding hydrogens is 450 g/mol. The van der Waals surface area contributed by atoms with Gasteiger partial charge in [-0.05, 0) is 61.8 Å². The largest absolute Gasteiger partial charge is 0.472 e. The Morgan fingerprint density at radius 3 is 2.67 bits per heavy atom. The van der Waals surface area contributed by atoms with Gasteiger partial charge in [0.2, 0.25) is 0 Å². The van der Waals surface area contributed by atoms with E-state index in [1.807, 2.05) is 30.7 Å². The Kier molecular flexibility index (Phi) is 5.10. The summed E-state index contributed by atoms with van der Waals surface area (Å²) < 4.78 is 5.28. The number of aromatic amines is 2. The first kappa shape index (κ1) is 21.0. The molecule has 1 saturated heterocycles. The Labute approximate surface area is 207 Å². The number of hydrogen-bond donors (Lipinski definition) is 2. The third-order valence-corrected chi connectivity index (χ3v) is 7.00. The van der Waals surface area contributed by atoms with Gasteiger partial charge >= 0.3 is 0 Å². The topological polar surface area (TPSA) is 99.5 Å². The molecule has 6 aromatic heterocycles. The molecule has 1 aliphatic rings. The van der Waals surface area contributed by atoms with E-state index in [4.69, 9.17) is 4.42 Å². The van der Waals surface area contributed by atoms with E-state index in [1.165, 1.54) is 37.9 Å². The monoisotopic (exact) mass is 475 g/mol. The number of H-pyrrole nitrogens is 2. The first-order valence-corrected chi connectivity index (χ1v) is 12.3. The van der Waals surface area contributed by atoms with E-state index in [0.29, 0.717) is 0 Å². The van der Waals surface area contributed by atoms with Crippen molar-refractivity contribution in [2.45, 2.75) is 25.8 Å². The van der Waals surface area contributed by atoms with E-state index in [0.717, 1.165) is 62.3 Å². The van der Waals surface area contributed by atoms with Crippen LogP contribution in [-0.2, 0) is 6.54 Å². The standard InChI is InChI=1S/C28H25N7O/c1-2-7-35(8-3-1)16-18-10-20(14-29-13-18)21-11-23-27(33-34-28(23)31-15-21)25-12-22-24(32-25)4-6-30-26(22)19-5-9-36-17-19/h4-6,9-15,17,32H,1-3,7-8,16H2,(H,31,33,34). The fourth-order valence-corrected chi connectivity index (χ4v) is 5.18. The fraction of sp³-hybridized carbons (Fsp3) is 0.214. The predicted octanol–water partition coefficient (Wildman–Crippen LogP) is 5.81. The fourth-order valence-electron chi connectivity index (χ4n) is 5.18. The summed E-state index contributed by atoms with van der Waals surface area (Å²) in [7, 11) is 0. The molecule has 0 radical (unpaired) electrons. The highest BCUT2D eigenvalue weighted by Crippen LogP contribution is 2.34. The van der Waals surface area contributed by atoms with Gasteiger partial charge in [0.15, 0.2) is 5.65 Å². The van der Waals surface area contributed by atoms with E-state index in [1.54, 1.807) is 18.7 Å². The third-order valence-electron chi connectivity index (χ3n) is 7.00. The van der Waals surface area contributed by atoms with Crippen molar-refractivity contribution in [2.24, 2.45) is 0 Å². The molecule has 1 fully saturated rings. The second-order valence-corrected chi connectivity index (χ2v) is 9.43. The highest BCUT2D eigenvalue weighted by Gasteiger charge is 2.16. The maximum absolute atomic E-state index is 5.28. The SMILES string of the molecule is c1cc2[nH]c(-c3n[nH]c4ncc(-c5cncc(CN6CCCCC6)c5)cc34)cc2c(-c2ccoc2)n1. The average molecular weight is 476 g/mol. The lowest BCUT2D eigenvalue weighted by Gasteiger charge is -2.26. The van der Waals surface area contributed by atoms with Crippen molar-refractivity contribution in [2.75, 3.05) is 13.1 Å². The van der Waals surface area contributed by atoms with Gasteiger partial charge in [-0.2, -0.15) is 5.10 Å². The van der Waals surface area contributed by atoms with Crippen LogP contribution in [0.15, 0.2) is 72.1 Å². The minimum absolute atomic E-state index is 0.748. The van der Waals surface area contributed by atoms with E-state index in [2.05, 4.69) is 53.2 Å². The summed E-state index contributed by atoms with van der Waals surface area (Å²) in [6.07, 6.45) is 14.9. The molecule has 178 valence electrons. The molecule has 8 heteroatoms. The number of fused-ring (bicyclic) bond motifs is 2. The van der Waals surface area contributed by atoms with Gasteiger partial charge in [-0.1, -0.05) is 6.42 Å². The van der Waals surface area contributed by atoms with Gasteiger partial charge in [-0.25, -0.2) is 4.98 Å². The van der Waals surface area contributed by atoms with Crippen LogP contribution in [0.3, 0.4) is 0 Å². The zero-order valence-corrected chi connectivity index (χ0v) is 19.7. The number of nitrogens with zero attached hydrogens (tertiary/aromatic N) is 5. The molecule has 0 aliphatic carbocycles. The predicted molar refractivity (Wildman–Crippen MR) is 139 cm³/mol. The van der Waals surface area contributed by atoms with Crippen LogP contribution in [0.2, 0.25) is 0 Å². The summed E-state index contributed by atoms with van der Waals surface area (Å²) in [6.45, 7) is 3.27. The van der Waals surface area contributed by atoms with Crippen LogP contribution < -0.4 is 0 Å². The van der Waals surface area contributed by atoms with Gasteiger partial charge in [0.25, 0.3) is 0 Å². The molecule has 6 aromatic rings. The Morgan fingerprint density at radius 2 is 1.78 bits per heavy atom. The number of furan rings is 1. The molecule has 36 heavy (non-hydrogen) atoms. The van der Waals surface area contributed by atoms with Crippen molar-refractivity contribution in [3.8, 4) is 33.8 Å². The number of rotatable bonds is 5. The summed E-state index contributed by atoms with van der Waals surface area (Å²) in [5.74, 6) is 0. The molecule has 8 nitrogen and oxygen atoms in total. The first-order chi connectivity index (χ1) is 17.8. The van der Waals surface area contributed by atoms with Crippen molar-refractivity contribution >= 4 is 21.9 Å². The van der Waals surface area contributed by atoms with Gasteiger partial charge in [0.1, 0.15) is 5.69 Å². The van der Waals surface area contributed by atoms with Gasteiger partial charge in [0, 0.05) is 64.3 Å². The van der Waals surface area contributed by atoms with Gasteiger partial charge in [-0.15, -0.1) is 0 Å². The molecule has 7 heterocycles. The quantitative estimate of drug-likeness (QED) is 0.326. The Bertz CT molecular complexity index is 1660. The molecule has 1 aliphatic heterocycles. The molecule has 0 amide bonds. The van der Waals surface area contributed by atoms with Crippen molar-refractivity contribution in [1.82, 2.24) is 35.0 Å². The van der Waals surface area contributed by atoms with Crippen LogP contribution in [0.5, 0.6) is 0 Å². The minimum Gasteiger partial charge on any atom is -0.472 e. The number of likely N-dealkylation sites (tertiary alicyclic amines) is 1. The second kappa shape index (κ2) is 8.73. The van der Waals surface area contributed by atoms with Crippen LogP contribution in [-0.4, -0.2) is 48.1 Å². The highest BCUT2D eigenvalue weighted by atomic mass is 16.3. The Morgan fingerprint density at radius 1 is 0.861 bits per heavy atom. The van der Waals surface area contributed by atoms with E-state index < -0.39 is 0 Å². The minimum atomic E-state index is 0.748. The number of nitrogens with one attached hydrogen (secondary N) is 2. The first-order valence-electron chi connectivity index (χ1n) is 12.3. The molecule has 0 atom stereocenters. The zero-order valence-electron chi connectivity index (χ0n) is 19.7. The van der Waals surface area contributed by atoms with E-state index in [9.17, 15) is 0 Å². The van der Waals surface area contributed by atoms with Gasteiger partial charge in [0.05, 0.1) is 23.9 Å². The van der Waals surface area contributed by atoms with Crippen molar-refractivity contribution in [1.29, 1.82) is 0 Å². The summed E-state index contributed by atoms with van der Waals surface area (Å²) in [5, 5.41) is 9.66. The summed E-state index contributed by atoms with van der Waals surface area (Å²) >= 11 is 0. The third kappa shape index (κ3) is 3.76. The van der Waals surface area contributed by atoms with Gasteiger partial charge in [-0.3, -0.25) is 20.0 Å². The number of aromatic nitrogens is 6. The zero-order chi connectivity index (χ0) is 23.9. The lowest BCUT2D eigenvalue weighted by Crippen LogP contribution is -2.29. The lowest BCUT2D eigenvalue weighted by molar-refractivity contribution is 0.220. The summed E-state index contributed by atoms with van der Waals surface area (Å²) in [4.78, 5) is 19.8. The molecule has 2 N–H and O–H groups in total. The molecule has 0 saturated carbocycles. The smallest absolute Gasteiger partial charge is 0.155 e. The van der Waals surface area contributed by atoms with Crippen molar-refractivity contribution in [3.63, 3.8) is 0 Å². The maximum Gasteiger partial charge on any atom is 0.155 e. The summed E-state index contributed by atoms with van der Waals surface area (Å²) in [6, 6.07) is 10.4. The van der Waals surface area contributed by atoms with Crippen LogP contribution in [0.1, 0.15) is 24.8 Å². The maximum atomic E-state index is 5.28. The van der Waals surface area contributed by atoms with Crippen LogP contribution in [0.4, 0.5) is 0 Å². The van der Waals surface area contributed by atoms with Crippen molar-refractivity contribution < 1.29 is 4.42 Å². The molecule has 7 rings (SSSR count). The molecule has 0 aromatic carbocycles. The average Bonchev–Trinajstić information content (AvgIpc) is 3.68. The van der Waals surface area contributed by atoms with Gasteiger partial charge < -0.3 is 9.40 Å². The number of piperidine rings is 1. The lowest BCUT2D eigenvalue weighted by atomic mass is 10.0. The number of pyridine rings is 3. The van der Waals surface area contributed by atoms with Crippen LogP contribution >= 0.6 is 0 Å². The second-order valence-electron chi connectivity index (χ2n) is 9.43. The Hall–Kier alpha value is -4.30. The molecular formula is C28H25N7O. The summed E-state index contributed by atoms with van der Waals surface area (Å²) in [5.41, 5.74) is 8.61. The normalized spacial score (nSPS) is 14.7. The molecule has 0 unspecified atom stereocenters. The number of hydrogen-bond acceptors (Lipinski definition) is 6. The van der Waals surface area contributed by atoms with E-state index in [-0.39, 0.29) is 0 Å².